The molecule has 0 aliphatic heterocycles. The Kier molecular flexibility index (Phi) is 5.61. The van der Waals surface area contributed by atoms with Crippen molar-refractivity contribution in [2.24, 2.45) is 0 Å². The number of aliphatic hydroxyl groups is 5. The van der Waals surface area contributed by atoms with Gasteiger partial charge < -0.3 is 25.5 Å². The fourth-order valence-corrected chi connectivity index (χ4v) is 2.00. The molecule has 6 nitrogen and oxygen atoms in total. The Hall–Kier alpha value is -1.31. The molecular weight excluding hydrogens is 276 g/mol. The molecule has 0 aromatic heterocycles. The van der Waals surface area contributed by atoms with Crippen molar-refractivity contribution in [3.63, 3.8) is 0 Å². The molecule has 0 amide bonds. The van der Waals surface area contributed by atoms with E-state index >= 15 is 0 Å². The Morgan fingerprint density at radius 1 is 1.10 bits per heavy atom. The average Bonchev–Trinajstić information content (AvgIpc) is 2.46. The second kappa shape index (κ2) is 6.64. The highest BCUT2D eigenvalue weighted by Gasteiger charge is 2.53. The van der Waals surface area contributed by atoms with E-state index in [1.54, 1.807) is 30.3 Å². The maximum Gasteiger partial charge on any atom is 0.168 e. The lowest BCUT2D eigenvalue weighted by Crippen LogP contribution is -2.65. The summed E-state index contributed by atoms with van der Waals surface area (Å²) in [6, 6.07) is 8.64. The highest BCUT2D eigenvalue weighted by molar-refractivity contribution is 5.86. The van der Waals surface area contributed by atoms with Crippen LogP contribution in [0.15, 0.2) is 30.3 Å². The van der Waals surface area contributed by atoms with Gasteiger partial charge in [0.05, 0.1) is 6.61 Å². The Morgan fingerprint density at radius 2 is 1.62 bits per heavy atom. The fourth-order valence-electron chi connectivity index (χ4n) is 2.00. The van der Waals surface area contributed by atoms with Gasteiger partial charge in [0.25, 0.3) is 0 Å². The van der Waals surface area contributed by atoms with Crippen molar-refractivity contribution in [2.45, 2.75) is 43.7 Å². The van der Waals surface area contributed by atoms with Crippen LogP contribution in [0.3, 0.4) is 0 Å². The Morgan fingerprint density at radius 3 is 2.10 bits per heavy atom. The molecule has 0 heterocycles. The Balaban J connectivity index is 2.90. The molecular formula is C15H22O6. The van der Waals surface area contributed by atoms with Crippen LogP contribution in [0.1, 0.15) is 19.4 Å². The fraction of sp³-hybridized carbons (Fsp3) is 0.533. The topological polar surface area (TPSA) is 118 Å². The van der Waals surface area contributed by atoms with Crippen molar-refractivity contribution in [1.29, 1.82) is 0 Å². The van der Waals surface area contributed by atoms with Gasteiger partial charge in [0, 0.05) is 6.42 Å². The molecule has 0 radical (unpaired) electrons. The van der Waals surface area contributed by atoms with Gasteiger partial charge in [-0.1, -0.05) is 30.3 Å². The van der Waals surface area contributed by atoms with Gasteiger partial charge in [-0.25, -0.2) is 0 Å². The summed E-state index contributed by atoms with van der Waals surface area (Å²) >= 11 is 0. The quantitative estimate of drug-likeness (QED) is 0.441. The smallest absolute Gasteiger partial charge is 0.168 e. The van der Waals surface area contributed by atoms with E-state index in [0.29, 0.717) is 5.56 Å². The van der Waals surface area contributed by atoms with Gasteiger partial charge in [-0.3, -0.25) is 4.79 Å². The van der Waals surface area contributed by atoms with Crippen LogP contribution in [0.2, 0.25) is 0 Å². The van der Waals surface area contributed by atoms with Gasteiger partial charge in [-0.2, -0.15) is 0 Å². The van der Waals surface area contributed by atoms with Crippen molar-refractivity contribution in [3.05, 3.63) is 35.9 Å². The van der Waals surface area contributed by atoms with Crippen LogP contribution in [-0.4, -0.2) is 61.3 Å². The van der Waals surface area contributed by atoms with E-state index in [0.717, 1.165) is 13.8 Å². The molecule has 0 spiro atoms. The van der Waals surface area contributed by atoms with E-state index in [2.05, 4.69) is 0 Å². The SMILES string of the molecule is C[C@@](O)([C@H](O)CO)[C@](C)(O)[C@@H](O)C(=O)Cc1ccccc1. The molecule has 0 aliphatic rings. The highest BCUT2D eigenvalue weighted by atomic mass is 16.4. The standard InChI is InChI=1S/C15H22O6/c1-14(20,12(18)9-16)15(2,21)13(19)11(17)8-10-6-4-3-5-7-10/h3-7,12-13,16,18-21H,8-9H2,1-2H3/t12-,13+,14-,15-/m1/s1. The van der Waals surface area contributed by atoms with Crippen LogP contribution in [0.25, 0.3) is 0 Å². The number of rotatable bonds is 7. The molecule has 6 heteroatoms. The minimum absolute atomic E-state index is 0.122. The lowest BCUT2D eigenvalue weighted by Gasteiger charge is -2.43. The first-order valence-corrected chi connectivity index (χ1v) is 6.63. The van der Waals surface area contributed by atoms with Gasteiger partial charge >= 0.3 is 0 Å². The van der Waals surface area contributed by atoms with E-state index in [9.17, 15) is 25.2 Å². The third-order valence-corrected chi connectivity index (χ3v) is 3.91. The summed E-state index contributed by atoms with van der Waals surface area (Å²) in [6.45, 7) is 1.27. The van der Waals surface area contributed by atoms with Crippen molar-refractivity contribution < 1.29 is 30.3 Å². The van der Waals surface area contributed by atoms with Gasteiger partial charge in [-0.05, 0) is 19.4 Å². The van der Waals surface area contributed by atoms with E-state index in [1.807, 2.05) is 0 Å². The molecule has 0 bridgehead atoms. The van der Waals surface area contributed by atoms with Crippen molar-refractivity contribution >= 4 is 5.78 Å². The minimum atomic E-state index is -2.32. The number of aliphatic hydroxyl groups excluding tert-OH is 3. The first-order chi connectivity index (χ1) is 9.64. The van der Waals surface area contributed by atoms with E-state index in [-0.39, 0.29) is 6.42 Å². The summed E-state index contributed by atoms with van der Waals surface area (Å²) in [5.41, 5.74) is -3.92. The molecule has 0 aliphatic carbocycles. The van der Waals surface area contributed by atoms with Crippen molar-refractivity contribution in [2.75, 3.05) is 6.61 Å². The Bertz CT molecular complexity index is 468. The molecule has 0 saturated carbocycles. The third kappa shape index (κ3) is 3.66. The summed E-state index contributed by atoms with van der Waals surface area (Å²) in [4.78, 5) is 12.1. The van der Waals surface area contributed by atoms with Crippen LogP contribution in [-0.2, 0) is 11.2 Å². The number of hydrogen-bond acceptors (Lipinski definition) is 6. The summed E-state index contributed by atoms with van der Waals surface area (Å²) in [5, 5.41) is 48.9. The van der Waals surface area contributed by atoms with Crippen molar-refractivity contribution in [3.8, 4) is 0 Å². The molecule has 4 atom stereocenters. The van der Waals surface area contributed by atoms with E-state index < -0.39 is 35.8 Å². The highest BCUT2D eigenvalue weighted by Crippen LogP contribution is 2.29. The number of benzene rings is 1. The monoisotopic (exact) mass is 298 g/mol. The number of Topliss-reactive ketones (excluding diaryl/α,β-unsaturated/α-hetero) is 1. The lowest BCUT2D eigenvalue weighted by atomic mass is 9.76. The predicted molar refractivity (Wildman–Crippen MR) is 75.5 cm³/mol. The summed E-state index contributed by atoms with van der Waals surface area (Å²) in [6.07, 6.45) is -3.73. The molecule has 1 aromatic rings. The second-order valence-electron chi connectivity index (χ2n) is 5.52. The van der Waals surface area contributed by atoms with Gasteiger partial charge in [-0.15, -0.1) is 0 Å². The lowest BCUT2D eigenvalue weighted by molar-refractivity contribution is -0.225. The summed E-state index contributed by atoms with van der Waals surface area (Å²) < 4.78 is 0. The second-order valence-corrected chi connectivity index (χ2v) is 5.52. The van der Waals surface area contributed by atoms with Gasteiger partial charge in [0.1, 0.15) is 23.4 Å². The maximum atomic E-state index is 12.1. The molecule has 118 valence electrons. The van der Waals surface area contributed by atoms with Crippen LogP contribution in [0.4, 0.5) is 0 Å². The molecule has 1 aromatic carbocycles. The Labute approximate surface area is 123 Å². The number of carbonyl (C=O) groups is 1. The van der Waals surface area contributed by atoms with E-state index in [4.69, 9.17) is 5.11 Å². The van der Waals surface area contributed by atoms with Gasteiger partial charge in [0.15, 0.2) is 5.78 Å². The zero-order valence-electron chi connectivity index (χ0n) is 12.1. The first-order valence-electron chi connectivity index (χ1n) is 6.63. The number of hydrogen-bond donors (Lipinski definition) is 5. The minimum Gasteiger partial charge on any atom is -0.394 e. The molecule has 0 fully saturated rings. The first kappa shape index (κ1) is 17.7. The zero-order chi connectivity index (χ0) is 16.3. The predicted octanol–water partition coefficient (Wildman–Crippen LogP) is -0.986. The van der Waals surface area contributed by atoms with Crippen LogP contribution in [0.5, 0.6) is 0 Å². The molecule has 0 saturated heterocycles. The zero-order valence-corrected chi connectivity index (χ0v) is 12.1. The number of ketones is 1. The van der Waals surface area contributed by atoms with Crippen LogP contribution in [0, 0.1) is 0 Å². The van der Waals surface area contributed by atoms with Gasteiger partial charge in [0.2, 0.25) is 0 Å². The van der Waals surface area contributed by atoms with Crippen molar-refractivity contribution in [1.82, 2.24) is 0 Å². The average molecular weight is 298 g/mol. The molecule has 1 rings (SSSR count). The molecule has 0 unspecified atom stereocenters. The number of carbonyl (C=O) groups excluding carboxylic acids is 1. The normalized spacial score (nSPS) is 20.1. The van der Waals surface area contributed by atoms with Crippen LogP contribution < -0.4 is 0 Å². The third-order valence-electron chi connectivity index (χ3n) is 3.91. The van der Waals surface area contributed by atoms with E-state index in [1.165, 1.54) is 0 Å². The summed E-state index contributed by atoms with van der Waals surface area (Å²) in [5.74, 6) is -0.698. The molecule has 5 N–H and O–H groups in total. The molecule has 21 heavy (non-hydrogen) atoms. The maximum absolute atomic E-state index is 12.1. The van der Waals surface area contributed by atoms with Crippen LogP contribution >= 0.6 is 0 Å². The largest absolute Gasteiger partial charge is 0.394 e. The summed E-state index contributed by atoms with van der Waals surface area (Å²) in [7, 11) is 0.